The summed E-state index contributed by atoms with van der Waals surface area (Å²) >= 11 is 0. The van der Waals surface area contributed by atoms with Gasteiger partial charge in [-0.2, -0.15) is 5.26 Å². The molecule has 1 saturated carbocycles. The molecule has 16 heavy (non-hydrogen) atoms. The van der Waals surface area contributed by atoms with Crippen LogP contribution in [-0.2, 0) is 6.54 Å². The zero-order chi connectivity index (χ0) is 11.5. The molecule has 0 radical (unpaired) electrons. The number of hydrogen-bond donors (Lipinski definition) is 2. The maximum Gasteiger partial charge on any atom is 0.129 e. The lowest BCUT2D eigenvalue weighted by molar-refractivity contribution is 0.0491. The molecule has 0 aromatic heterocycles. The predicted octanol–water partition coefficient (Wildman–Crippen LogP) is 1.31. The van der Waals surface area contributed by atoms with E-state index in [-0.39, 0.29) is 18.0 Å². The Morgan fingerprint density at radius 2 is 2.31 bits per heavy atom. The Morgan fingerprint density at radius 3 is 2.81 bits per heavy atom. The number of benzene rings is 1. The van der Waals surface area contributed by atoms with Crippen molar-refractivity contribution in [2.24, 2.45) is 0 Å². The van der Waals surface area contributed by atoms with Crippen LogP contribution in [-0.4, -0.2) is 17.3 Å². The summed E-state index contributed by atoms with van der Waals surface area (Å²) < 4.78 is 13.5. The Hall–Kier alpha value is -1.44. The van der Waals surface area contributed by atoms with E-state index in [2.05, 4.69) is 5.32 Å². The molecule has 0 amide bonds. The molecule has 1 aliphatic rings. The van der Waals surface area contributed by atoms with Crippen LogP contribution in [0.1, 0.15) is 24.0 Å². The van der Waals surface area contributed by atoms with Crippen molar-refractivity contribution in [1.29, 1.82) is 5.26 Å². The van der Waals surface area contributed by atoms with Gasteiger partial charge in [0.25, 0.3) is 0 Å². The predicted molar refractivity (Wildman–Crippen MR) is 57.0 cm³/mol. The summed E-state index contributed by atoms with van der Waals surface area (Å²) in [6, 6.07) is 6.40. The summed E-state index contributed by atoms with van der Waals surface area (Å²) in [5.41, 5.74) is 0.850. The molecule has 1 aliphatic carbocycles. The van der Waals surface area contributed by atoms with Gasteiger partial charge in [-0.3, -0.25) is 0 Å². The van der Waals surface area contributed by atoms with Crippen LogP contribution in [0.15, 0.2) is 18.2 Å². The fourth-order valence-electron chi connectivity index (χ4n) is 1.72. The molecule has 2 rings (SSSR count). The number of nitriles is 1. The van der Waals surface area contributed by atoms with Gasteiger partial charge in [-0.15, -0.1) is 0 Å². The van der Waals surface area contributed by atoms with Crippen molar-refractivity contribution in [3.63, 3.8) is 0 Å². The van der Waals surface area contributed by atoms with Gasteiger partial charge in [0.2, 0.25) is 0 Å². The van der Waals surface area contributed by atoms with Crippen LogP contribution in [0, 0.1) is 17.1 Å². The van der Waals surface area contributed by atoms with Gasteiger partial charge in [-0.1, -0.05) is 6.07 Å². The average molecular weight is 220 g/mol. The van der Waals surface area contributed by atoms with E-state index in [9.17, 15) is 9.50 Å². The summed E-state index contributed by atoms with van der Waals surface area (Å²) in [6.07, 6.45) is 1.44. The fourth-order valence-corrected chi connectivity index (χ4v) is 1.72. The smallest absolute Gasteiger partial charge is 0.129 e. The lowest BCUT2D eigenvalue weighted by Gasteiger charge is -2.33. The highest BCUT2D eigenvalue weighted by Crippen LogP contribution is 2.20. The molecule has 0 saturated heterocycles. The second-order valence-corrected chi connectivity index (χ2v) is 4.05. The standard InChI is InChI=1S/C12H13FN2O/c13-10-5-8(6-14)1-2-9(10)7-15-11-3-4-12(11)16/h1-2,5,11-12,15-16H,3-4,7H2. The van der Waals surface area contributed by atoms with Gasteiger partial charge in [0, 0.05) is 18.2 Å². The molecule has 2 N–H and O–H groups in total. The molecule has 0 bridgehead atoms. The Morgan fingerprint density at radius 1 is 1.50 bits per heavy atom. The number of aliphatic hydroxyl groups is 1. The first-order valence-corrected chi connectivity index (χ1v) is 5.30. The van der Waals surface area contributed by atoms with E-state index in [0.717, 1.165) is 12.8 Å². The molecule has 1 aromatic rings. The quantitative estimate of drug-likeness (QED) is 0.807. The van der Waals surface area contributed by atoms with Gasteiger partial charge in [-0.05, 0) is 25.0 Å². The molecule has 2 unspecified atom stereocenters. The van der Waals surface area contributed by atoms with Crippen molar-refractivity contribution in [3.05, 3.63) is 35.1 Å². The number of rotatable bonds is 3. The maximum absolute atomic E-state index is 13.5. The number of halogens is 1. The minimum Gasteiger partial charge on any atom is -0.392 e. The first kappa shape index (κ1) is 11.1. The third kappa shape index (κ3) is 2.21. The van der Waals surface area contributed by atoms with Gasteiger partial charge in [0.1, 0.15) is 5.82 Å². The average Bonchev–Trinajstić information content (AvgIpc) is 2.29. The second kappa shape index (κ2) is 4.60. The van der Waals surface area contributed by atoms with Crippen LogP contribution >= 0.6 is 0 Å². The van der Waals surface area contributed by atoms with Crippen LogP contribution in [0.4, 0.5) is 4.39 Å². The van der Waals surface area contributed by atoms with E-state index >= 15 is 0 Å². The highest BCUT2D eigenvalue weighted by Gasteiger charge is 2.28. The minimum atomic E-state index is -0.375. The van der Waals surface area contributed by atoms with Crippen molar-refractivity contribution >= 4 is 0 Å². The summed E-state index contributed by atoms with van der Waals surface area (Å²) in [6.45, 7) is 0.388. The molecule has 0 heterocycles. The SMILES string of the molecule is N#Cc1ccc(CNC2CCC2O)c(F)c1. The Bertz CT molecular complexity index is 428. The Balaban J connectivity index is 1.97. The van der Waals surface area contributed by atoms with E-state index in [1.165, 1.54) is 6.07 Å². The first-order chi connectivity index (χ1) is 7.70. The minimum absolute atomic E-state index is 0.0787. The van der Waals surface area contributed by atoms with Crippen LogP contribution in [0.5, 0.6) is 0 Å². The van der Waals surface area contributed by atoms with E-state index in [0.29, 0.717) is 17.7 Å². The zero-order valence-corrected chi connectivity index (χ0v) is 8.78. The monoisotopic (exact) mass is 220 g/mol. The van der Waals surface area contributed by atoms with Crippen LogP contribution in [0.3, 0.4) is 0 Å². The molecule has 84 valence electrons. The van der Waals surface area contributed by atoms with Gasteiger partial charge in [0.15, 0.2) is 0 Å². The van der Waals surface area contributed by atoms with E-state index < -0.39 is 0 Å². The van der Waals surface area contributed by atoms with Gasteiger partial charge < -0.3 is 10.4 Å². The van der Waals surface area contributed by atoms with E-state index in [4.69, 9.17) is 5.26 Å². The topological polar surface area (TPSA) is 56.0 Å². The molecule has 1 aromatic carbocycles. The van der Waals surface area contributed by atoms with Crippen molar-refractivity contribution in [2.45, 2.75) is 31.5 Å². The summed E-state index contributed by atoms with van der Waals surface area (Å²) in [4.78, 5) is 0. The molecule has 0 aliphatic heterocycles. The summed E-state index contributed by atoms with van der Waals surface area (Å²) in [7, 11) is 0. The number of hydrogen-bond acceptors (Lipinski definition) is 3. The van der Waals surface area contributed by atoms with E-state index in [1.54, 1.807) is 12.1 Å². The molecular formula is C12H13FN2O. The summed E-state index contributed by atoms with van der Waals surface area (Å²) in [5, 5.41) is 21.0. The third-order valence-corrected chi connectivity index (χ3v) is 2.97. The lowest BCUT2D eigenvalue weighted by atomic mass is 9.89. The van der Waals surface area contributed by atoms with Crippen LogP contribution < -0.4 is 5.32 Å². The highest BCUT2D eigenvalue weighted by atomic mass is 19.1. The fraction of sp³-hybridized carbons (Fsp3) is 0.417. The van der Waals surface area contributed by atoms with Crippen molar-refractivity contribution in [3.8, 4) is 6.07 Å². The number of nitrogens with zero attached hydrogens (tertiary/aromatic N) is 1. The molecule has 2 atom stereocenters. The summed E-state index contributed by atoms with van der Waals surface area (Å²) in [5.74, 6) is -0.375. The van der Waals surface area contributed by atoms with Gasteiger partial charge in [0.05, 0.1) is 17.7 Å². The molecule has 4 heteroatoms. The number of nitrogens with one attached hydrogen (secondary N) is 1. The van der Waals surface area contributed by atoms with Gasteiger partial charge >= 0.3 is 0 Å². The molecule has 3 nitrogen and oxygen atoms in total. The van der Waals surface area contributed by atoms with Crippen LogP contribution in [0.25, 0.3) is 0 Å². The second-order valence-electron chi connectivity index (χ2n) is 4.05. The third-order valence-electron chi connectivity index (χ3n) is 2.97. The zero-order valence-electron chi connectivity index (χ0n) is 8.78. The largest absolute Gasteiger partial charge is 0.392 e. The lowest BCUT2D eigenvalue weighted by Crippen LogP contribution is -2.47. The highest BCUT2D eigenvalue weighted by molar-refractivity contribution is 5.32. The molecule has 0 spiro atoms. The molecule has 1 fully saturated rings. The normalized spacial score (nSPS) is 23.6. The maximum atomic E-state index is 13.5. The Kier molecular flexibility index (Phi) is 3.18. The van der Waals surface area contributed by atoms with Gasteiger partial charge in [-0.25, -0.2) is 4.39 Å². The van der Waals surface area contributed by atoms with Crippen molar-refractivity contribution in [1.82, 2.24) is 5.32 Å². The van der Waals surface area contributed by atoms with Crippen LogP contribution in [0.2, 0.25) is 0 Å². The van der Waals surface area contributed by atoms with Crippen molar-refractivity contribution in [2.75, 3.05) is 0 Å². The molecular weight excluding hydrogens is 207 g/mol. The first-order valence-electron chi connectivity index (χ1n) is 5.30. The Labute approximate surface area is 93.5 Å². The number of aliphatic hydroxyl groups excluding tert-OH is 1. The van der Waals surface area contributed by atoms with E-state index in [1.807, 2.05) is 6.07 Å². The van der Waals surface area contributed by atoms with Crippen molar-refractivity contribution < 1.29 is 9.50 Å².